The number of hydrogen-bond acceptors (Lipinski definition) is 1. The average molecular weight is 199 g/mol. The average Bonchev–Trinajstić information content (AvgIpc) is 2.23. The van der Waals surface area contributed by atoms with E-state index in [1.54, 1.807) is 0 Å². The smallest absolute Gasteiger partial charge is 0.228 e. The van der Waals surface area contributed by atoms with E-state index >= 15 is 0 Å². The number of rotatable bonds is 6. The van der Waals surface area contributed by atoms with E-state index < -0.39 is 0 Å². The summed E-state index contributed by atoms with van der Waals surface area (Å²) in [5.41, 5.74) is -0.105. The van der Waals surface area contributed by atoms with Crippen LogP contribution in [0.4, 0.5) is 0 Å². The van der Waals surface area contributed by atoms with Crippen molar-refractivity contribution in [2.24, 2.45) is 5.41 Å². The minimum absolute atomic E-state index is 0.105. The molecule has 0 aromatic rings. The molecule has 0 bridgehead atoms. The van der Waals surface area contributed by atoms with Gasteiger partial charge in [0.1, 0.15) is 0 Å². The molecular weight excluding hydrogens is 174 g/mol. The molecule has 0 aromatic carbocycles. The van der Waals surface area contributed by atoms with E-state index in [0.717, 1.165) is 32.4 Å². The van der Waals surface area contributed by atoms with Crippen molar-refractivity contribution in [1.29, 1.82) is 0 Å². The lowest BCUT2D eigenvalue weighted by Gasteiger charge is -2.34. The summed E-state index contributed by atoms with van der Waals surface area (Å²) >= 11 is 0. The number of carbonyl (C=O) groups is 1. The molecule has 0 fully saturated rings. The molecule has 0 aliphatic carbocycles. The first kappa shape index (κ1) is 13.5. The van der Waals surface area contributed by atoms with Gasteiger partial charge in [-0.05, 0) is 33.1 Å². The zero-order valence-corrected chi connectivity index (χ0v) is 10.4. The molecule has 0 aliphatic heterocycles. The van der Waals surface area contributed by atoms with Crippen molar-refractivity contribution in [2.75, 3.05) is 13.1 Å². The third-order valence-electron chi connectivity index (χ3n) is 3.53. The molecule has 0 atom stereocenters. The number of carbonyl (C=O) groups excluding carboxylic acids is 1. The fourth-order valence-corrected chi connectivity index (χ4v) is 2.05. The van der Waals surface area contributed by atoms with Gasteiger partial charge in [0.25, 0.3) is 0 Å². The van der Waals surface area contributed by atoms with Gasteiger partial charge >= 0.3 is 0 Å². The summed E-state index contributed by atoms with van der Waals surface area (Å²) in [6, 6.07) is 0. The quantitative estimate of drug-likeness (QED) is 0.644. The Morgan fingerprint density at radius 3 is 1.50 bits per heavy atom. The van der Waals surface area contributed by atoms with E-state index in [4.69, 9.17) is 0 Å². The predicted molar refractivity (Wildman–Crippen MR) is 61.2 cm³/mol. The minimum Gasteiger partial charge on any atom is -0.343 e. The standard InChI is InChI=1S/C12H25NO/c1-6-12(7-2,8-3)11(14)13(9-4)10-5/h6-10H2,1-5H3. The summed E-state index contributed by atoms with van der Waals surface area (Å²) in [5, 5.41) is 0. The second-order valence-corrected chi connectivity index (χ2v) is 3.82. The van der Waals surface area contributed by atoms with Crippen LogP contribution in [-0.4, -0.2) is 23.9 Å². The van der Waals surface area contributed by atoms with Crippen molar-refractivity contribution in [3.63, 3.8) is 0 Å². The van der Waals surface area contributed by atoms with Gasteiger partial charge in [0.05, 0.1) is 0 Å². The second kappa shape index (κ2) is 6.05. The maximum atomic E-state index is 12.2. The van der Waals surface area contributed by atoms with E-state index in [2.05, 4.69) is 20.8 Å². The SMILES string of the molecule is CCN(CC)C(=O)C(CC)(CC)CC. The molecule has 2 nitrogen and oxygen atoms in total. The van der Waals surface area contributed by atoms with Gasteiger partial charge in [0.15, 0.2) is 0 Å². The van der Waals surface area contributed by atoms with Crippen LogP contribution in [0, 0.1) is 5.41 Å². The van der Waals surface area contributed by atoms with E-state index in [0.29, 0.717) is 5.91 Å². The van der Waals surface area contributed by atoms with Crippen molar-refractivity contribution < 1.29 is 4.79 Å². The molecule has 14 heavy (non-hydrogen) atoms. The van der Waals surface area contributed by atoms with Crippen molar-refractivity contribution in [1.82, 2.24) is 4.90 Å². The van der Waals surface area contributed by atoms with Crippen LogP contribution in [0.2, 0.25) is 0 Å². The molecule has 1 amide bonds. The Labute approximate surface area is 88.7 Å². The lowest BCUT2D eigenvalue weighted by molar-refractivity contribution is -0.142. The molecule has 0 radical (unpaired) electrons. The fraction of sp³-hybridized carbons (Fsp3) is 0.917. The Kier molecular flexibility index (Phi) is 5.82. The van der Waals surface area contributed by atoms with Crippen LogP contribution in [-0.2, 0) is 4.79 Å². The van der Waals surface area contributed by atoms with Crippen molar-refractivity contribution in [2.45, 2.75) is 53.9 Å². The number of amides is 1. The molecular formula is C12H25NO. The van der Waals surface area contributed by atoms with Gasteiger partial charge in [-0.25, -0.2) is 0 Å². The first-order valence-corrected chi connectivity index (χ1v) is 5.91. The zero-order valence-electron chi connectivity index (χ0n) is 10.4. The van der Waals surface area contributed by atoms with Crippen molar-refractivity contribution >= 4 is 5.91 Å². The van der Waals surface area contributed by atoms with Gasteiger partial charge in [-0.2, -0.15) is 0 Å². The molecule has 0 rings (SSSR count). The third kappa shape index (κ3) is 2.49. The highest BCUT2D eigenvalue weighted by Gasteiger charge is 2.35. The molecule has 0 N–H and O–H groups in total. The van der Waals surface area contributed by atoms with Gasteiger partial charge < -0.3 is 4.90 Å². The normalized spacial score (nSPS) is 11.5. The first-order valence-electron chi connectivity index (χ1n) is 5.91. The van der Waals surface area contributed by atoms with Crippen LogP contribution in [0.1, 0.15) is 53.9 Å². The van der Waals surface area contributed by atoms with Gasteiger partial charge in [0, 0.05) is 18.5 Å². The largest absolute Gasteiger partial charge is 0.343 e. The molecule has 2 heteroatoms. The minimum atomic E-state index is -0.105. The summed E-state index contributed by atoms with van der Waals surface area (Å²) < 4.78 is 0. The predicted octanol–water partition coefficient (Wildman–Crippen LogP) is 3.07. The maximum Gasteiger partial charge on any atom is 0.228 e. The lowest BCUT2D eigenvalue weighted by Crippen LogP contribution is -2.43. The van der Waals surface area contributed by atoms with Gasteiger partial charge in [-0.1, -0.05) is 20.8 Å². The monoisotopic (exact) mass is 199 g/mol. The van der Waals surface area contributed by atoms with Crippen LogP contribution >= 0.6 is 0 Å². The Hall–Kier alpha value is -0.530. The summed E-state index contributed by atoms with van der Waals surface area (Å²) in [4.78, 5) is 14.2. The first-order chi connectivity index (χ1) is 6.61. The van der Waals surface area contributed by atoms with E-state index in [9.17, 15) is 4.79 Å². The molecule has 0 saturated heterocycles. The number of nitrogens with zero attached hydrogens (tertiary/aromatic N) is 1. The number of hydrogen-bond donors (Lipinski definition) is 0. The van der Waals surface area contributed by atoms with Crippen LogP contribution in [0.3, 0.4) is 0 Å². The van der Waals surface area contributed by atoms with Gasteiger partial charge in [-0.15, -0.1) is 0 Å². The second-order valence-electron chi connectivity index (χ2n) is 3.82. The topological polar surface area (TPSA) is 20.3 Å². The van der Waals surface area contributed by atoms with Crippen LogP contribution in [0.5, 0.6) is 0 Å². The van der Waals surface area contributed by atoms with Crippen molar-refractivity contribution in [3.05, 3.63) is 0 Å². The van der Waals surface area contributed by atoms with Crippen LogP contribution < -0.4 is 0 Å². The Balaban J connectivity index is 4.73. The van der Waals surface area contributed by atoms with Crippen LogP contribution in [0.25, 0.3) is 0 Å². The highest BCUT2D eigenvalue weighted by atomic mass is 16.2. The maximum absolute atomic E-state index is 12.2. The molecule has 0 saturated carbocycles. The Morgan fingerprint density at radius 1 is 0.929 bits per heavy atom. The Bertz CT molecular complexity index is 161. The molecule has 0 aliphatic rings. The van der Waals surface area contributed by atoms with Gasteiger partial charge in [0.2, 0.25) is 5.91 Å². The summed E-state index contributed by atoms with van der Waals surface area (Å²) in [6.45, 7) is 12.1. The molecule has 0 heterocycles. The summed E-state index contributed by atoms with van der Waals surface area (Å²) in [5.74, 6) is 0.343. The van der Waals surface area contributed by atoms with E-state index in [1.165, 1.54) is 0 Å². The summed E-state index contributed by atoms with van der Waals surface area (Å²) in [6.07, 6.45) is 2.86. The molecule has 0 spiro atoms. The highest BCUT2D eigenvalue weighted by Crippen LogP contribution is 2.32. The fourth-order valence-electron chi connectivity index (χ4n) is 2.05. The molecule has 0 unspecified atom stereocenters. The molecule has 0 aromatic heterocycles. The third-order valence-corrected chi connectivity index (χ3v) is 3.53. The van der Waals surface area contributed by atoms with E-state index in [-0.39, 0.29) is 5.41 Å². The highest BCUT2D eigenvalue weighted by molar-refractivity contribution is 5.82. The zero-order chi connectivity index (χ0) is 11.2. The van der Waals surface area contributed by atoms with Crippen molar-refractivity contribution in [3.8, 4) is 0 Å². The Morgan fingerprint density at radius 2 is 1.29 bits per heavy atom. The van der Waals surface area contributed by atoms with Gasteiger partial charge in [-0.3, -0.25) is 4.79 Å². The molecule has 84 valence electrons. The summed E-state index contributed by atoms with van der Waals surface area (Å²) in [7, 11) is 0. The van der Waals surface area contributed by atoms with Crippen LogP contribution in [0.15, 0.2) is 0 Å². The lowest BCUT2D eigenvalue weighted by atomic mass is 9.78. The van der Waals surface area contributed by atoms with E-state index in [1.807, 2.05) is 18.7 Å².